The third kappa shape index (κ3) is 6.56. The van der Waals surface area contributed by atoms with Crippen LogP contribution in [0.5, 0.6) is 0 Å². The molecule has 0 saturated heterocycles. The highest BCUT2D eigenvalue weighted by Gasteiger charge is 2.07. The summed E-state index contributed by atoms with van der Waals surface area (Å²) in [5.41, 5.74) is 4.36. The molecule has 2 amide bonds. The van der Waals surface area contributed by atoms with Gasteiger partial charge in [-0.3, -0.25) is 9.59 Å². The molecule has 5 nitrogen and oxygen atoms in total. The smallest absolute Gasteiger partial charge is 0.249 e. The Morgan fingerprint density at radius 1 is 0.913 bits per heavy atom. The third-order valence-electron chi connectivity index (χ3n) is 3.10. The molecule has 0 atom stereocenters. The fourth-order valence-corrected chi connectivity index (χ4v) is 1.96. The molecule has 0 aliphatic carbocycles. The molecule has 0 bridgehead atoms. The van der Waals surface area contributed by atoms with Gasteiger partial charge in [0.2, 0.25) is 11.8 Å². The summed E-state index contributed by atoms with van der Waals surface area (Å²) in [6, 6.07) is 19.2. The molecule has 2 aromatic carbocycles. The van der Waals surface area contributed by atoms with Crippen molar-refractivity contribution < 1.29 is 9.59 Å². The molecule has 0 saturated carbocycles. The van der Waals surface area contributed by atoms with Crippen LogP contribution in [0.1, 0.15) is 17.5 Å². The standard InChI is InChI=1S/C18H19N3O2/c22-17(19-12-11-15-7-3-1-4-8-15)13-18(23)21-20-14-16-9-5-2-6-10-16/h1-10,14H,11-13H2,(H,19,22)(H,21,23)/b20-14-. The number of carbonyl (C=O) groups is 2. The molecule has 118 valence electrons. The molecule has 0 radical (unpaired) electrons. The number of amides is 2. The molecular weight excluding hydrogens is 290 g/mol. The van der Waals surface area contributed by atoms with Crippen LogP contribution < -0.4 is 10.7 Å². The van der Waals surface area contributed by atoms with Crippen molar-refractivity contribution in [3.8, 4) is 0 Å². The number of rotatable bonds is 7. The summed E-state index contributed by atoms with van der Waals surface area (Å²) < 4.78 is 0. The molecule has 0 fully saturated rings. The van der Waals surface area contributed by atoms with Gasteiger partial charge in [0.25, 0.3) is 0 Å². The van der Waals surface area contributed by atoms with Crippen LogP contribution in [0, 0.1) is 0 Å². The zero-order chi connectivity index (χ0) is 16.3. The van der Waals surface area contributed by atoms with E-state index in [4.69, 9.17) is 0 Å². The van der Waals surface area contributed by atoms with Crippen molar-refractivity contribution in [3.63, 3.8) is 0 Å². The number of hydrogen-bond donors (Lipinski definition) is 2. The number of hydrazone groups is 1. The Hall–Kier alpha value is -2.95. The molecule has 23 heavy (non-hydrogen) atoms. The van der Waals surface area contributed by atoms with Crippen molar-refractivity contribution in [1.29, 1.82) is 0 Å². The van der Waals surface area contributed by atoms with Gasteiger partial charge in [-0.25, -0.2) is 5.43 Å². The minimum atomic E-state index is -0.436. The summed E-state index contributed by atoms with van der Waals surface area (Å²) in [5, 5.41) is 6.54. The summed E-state index contributed by atoms with van der Waals surface area (Å²) in [6.07, 6.45) is 2.03. The van der Waals surface area contributed by atoms with Gasteiger partial charge in [-0.05, 0) is 17.5 Å². The van der Waals surface area contributed by atoms with Crippen LogP contribution in [0.4, 0.5) is 0 Å². The molecule has 0 unspecified atom stereocenters. The molecule has 0 aliphatic rings. The minimum absolute atomic E-state index is 0.235. The molecule has 0 heterocycles. The molecule has 0 spiro atoms. The van der Waals surface area contributed by atoms with Gasteiger partial charge in [0.05, 0.1) is 6.21 Å². The van der Waals surface area contributed by atoms with Gasteiger partial charge >= 0.3 is 0 Å². The lowest BCUT2D eigenvalue weighted by atomic mass is 10.1. The van der Waals surface area contributed by atoms with E-state index in [1.54, 1.807) is 0 Å². The third-order valence-corrected chi connectivity index (χ3v) is 3.10. The van der Waals surface area contributed by atoms with E-state index in [1.807, 2.05) is 60.7 Å². The summed E-state index contributed by atoms with van der Waals surface area (Å²) in [6.45, 7) is 0.503. The second kappa shape index (κ2) is 9.15. The van der Waals surface area contributed by atoms with Gasteiger partial charge in [-0.15, -0.1) is 0 Å². The molecule has 0 aromatic heterocycles. The molecule has 0 aliphatic heterocycles. The fraction of sp³-hybridized carbons (Fsp3) is 0.167. The van der Waals surface area contributed by atoms with Crippen molar-refractivity contribution in [2.45, 2.75) is 12.8 Å². The van der Waals surface area contributed by atoms with Crippen molar-refractivity contribution in [1.82, 2.24) is 10.7 Å². The Morgan fingerprint density at radius 3 is 2.26 bits per heavy atom. The van der Waals surface area contributed by atoms with Gasteiger partial charge < -0.3 is 5.32 Å². The number of carbonyl (C=O) groups excluding carboxylic acids is 2. The lowest BCUT2D eigenvalue weighted by Gasteiger charge is -2.04. The minimum Gasteiger partial charge on any atom is -0.355 e. The van der Waals surface area contributed by atoms with Crippen LogP contribution >= 0.6 is 0 Å². The van der Waals surface area contributed by atoms with E-state index >= 15 is 0 Å². The first-order chi connectivity index (χ1) is 11.2. The topological polar surface area (TPSA) is 70.6 Å². The number of nitrogens with zero attached hydrogens (tertiary/aromatic N) is 1. The monoisotopic (exact) mass is 309 g/mol. The Labute approximate surface area is 135 Å². The predicted octanol–water partition coefficient (Wildman–Crippen LogP) is 1.89. The van der Waals surface area contributed by atoms with E-state index in [9.17, 15) is 9.59 Å². The Balaban J connectivity index is 1.64. The van der Waals surface area contributed by atoms with E-state index in [0.717, 1.165) is 17.5 Å². The Morgan fingerprint density at radius 2 is 1.57 bits per heavy atom. The first-order valence-electron chi connectivity index (χ1n) is 7.41. The summed E-state index contributed by atoms with van der Waals surface area (Å²) in [5.74, 6) is -0.747. The van der Waals surface area contributed by atoms with E-state index in [1.165, 1.54) is 6.21 Å². The largest absolute Gasteiger partial charge is 0.355 e. The fourth-order valence-electron chi connectivity index (χ4n) is 1.96. The number of benzene rings is 2. The molecular formula is C18H19N3O2. The Kier molecular flexibility index (Phi) is 6.53. The first kappa shape index (κ1) is 16.4. The van der Waals surface area contributed by atoms with Crippen LogP contribution in [0.3, 0.4) is 0 Å². The van der Waals surface area contributed by atoms with Crippen molar-refractivity contribution >= 4 is 18.0 Å². The highest BCUT2D eigenvalue weighted by Crippen LogP contribution is 1.98. The zero-order valence-electron chi connectivity index (χ0n) is 12.7. The highest BCUT2D eigenvalue weighted by atomic mass is 16.2. The Bertz CT molecular complexity index is 654. The molecule has 5 heteroatoms. The lowest BCUT2D eigenvalue weighted by Crippen LogP contribution is -2.31. The van der Waals surface area contributed by atoms with Crippen LogP contribution in [0.2, 0.25) is 0 Å². The average molecular weight is 309 g/mol. The maximum atomic E-state index is 11.7. The van der Waals surface area contributed by atoms with Gasteiger partial charge in [-0.2, -0.15) is 5.10 Å². The summed E-state index contributed by atoms with van der Waals surface area (Å²) in [4.78, 5) is 23.2. The number of hydrogen-bond acceptors (Lipinski definition) is 3. The molecule has 2 N–H and O–H groups in total. The van der Waals surface area contributed by atoms with Crippen molar-refractivity contribution in [2.24, 2.45) is 5.10 Å². The first-order valence-corrected chi connectivity index (χ1v) is 7.41. The molecule has 2 aromatic rings. The second-order valence-corrected chi connectivity index (χ2v) is 4.97. The number of nitrogens with one attached hydrogen (secondary N) is 2. The quantitative estimate of drug-likeness (QED) is 0.466. The van der Waals surface area contributed by atoms with Crippen LogP contribution in [-0.4, -0.2) is 24.6 Å². The van der Waals surface area contributed by atoms with Gasteiger partial charge in [0, 0.05) is 6.54 Å². The van der Waals surface area contributed by atoms with E-state index < -0.39 is 5.91 Å². The van der Waals surface area contributed by atoms with Crippen molar-refractivity contribution in [3.05, 3.63) is 71.8 Å². The van der Waals surface area contributed by atoms with Gasteiger partial charge in [0.15, 0.2) is 0 Å². The second-order valence-electron chi connectivity index (χ2n) is 4.97. The highest BCUT2D eigenvalue weighted by molar-refractivity contribution is 5.97. The van der Waals surface area contributed by atoms with Gasteiger partial charge in [-0.1, -0.05) is 60.7 Å². The normalized spacial score (nSPS) is 10.4. The van der Waals surface area contributed by atoms with E-state index in [0.29, 0.717) is 6.54 Å². The SMILES string of the molecule is O=C(CC(=O)N/N=C\c1ccccc1)NCCc1ccccc1. The maximum absolute atomic E-state index is 11.7. The maximum Gasteiger partial charge on any atom is 0.249 e. The summed E-state index contributed by atoms with van der Waals surface area (Å²) >= 11 is 0. The zero-order valence-corrected chi connectivity index (χ0v) is 12.7. The predicted molar refractivity (Wildman–Crippen MR) is 90.0 cm³/mol. The van der Waals surface area contributed by atoms with Crippen LogP contribution in [-0.2, 0) is 16.0 Å². The van der Waals surface area contributed by atoms with Gasteiger partial charge in [0.1, 0.15) is 6.42 Å². The van der Waals surface area contributed by atoms with Crippen LogP contribution in [0.25, 0.3) is 0 Å². The molecule has 2 rings (SSSR count). The van der Waals surface area contributed by atoms with Crippen LogP contribution in [0.15, 0.2) is 65.8 Å². The van der Waals surface area contributed by atoms with Crippen molar-refractivity contribution in [2.75, 3.05) is 6.54 Å². The average Bonchev–Trinajstić information content (AvgIpc) is 2.57. The summed E-state index contributed by atoms with van der Waals surface area (Å²) in [7, 11) is 0. The lowest BCUT2D eigenvalue weighted by molar-refractivity contribution is -0.129. The van der Waals surface area contributed by atoms with E-state index in [2.05, 4.69) is 15.8 Å². The van der Waals surface area contributed by atoms with E-state index in [-0.39, 0.29) is 12.3 Å².